The summed E-state index contributed by atoms with van der Waals surface area (Å²) in [5, 5.41) is 13.4. The van der Waals surface area contributed by atoms with Crippen molar-refractivity contribution >= 4 is 38.3 Å². The zero-order valence-electron chi connectivity index (χ0n) is 13.0. The third-order valence-corrected chi connectivity index (χ3v) is 5.30. The van der Waals surface area contributed by atoms with E-state index in [0.717, 1.165) is 21.5 Å². The largest absolute Gasteiger partial charge is 0.338 e. The Bertz CT molecular complexity index is 979. The van der Waals surface area contributed by atoms with Crippen LogP contribution in [0.15, 0.2) is 33.9 Å². The highest BCUT2D eigenvalue weighted by Gasteiger charge is 2.21. The van der Waals surface area contributed by atoms with Gasteiger partial charge in [-0.25, -0.2) is 0 Å². The molecule has 0 saturated carbocycles. The molecule has 0 spiro atoms. The third kappa shape index (κ3) is 2.61. The first-order chi connectivity index (χ1) is 11.0. The summed E-state index contributed by atoms with van der Waals surface area (Å²) in [6, 6.07) is 8.23. The van der Waals surface area contributed by atoms with Crippen LogP contribution in [0, 0.1) is 0 Å². The van der Waals surface area contributed by atoms with Gasteiger partial charge in [0.1, 0.15) is 0 Å². The summed E-state index contributed by atoms with van der Waals surface area (Å²) in [6.07, 6.45) is 0. The Hall–Kier alpha value is -1.93. The molecule has 0 amide bonds. The number of nitrogens with zero attached hydrogens (tertiary/aromatic N) is 5. The van der Waals surface area contributed by atoms with Crippen LogP contribution in [0.4, 0.5) is 0 Å². The number of rotatable bonds is 3. The summed E-state index contributed by atoms with van der Waals surface area (Å²) < 4.78 is 8.61. The van der Waals surface area contributed by atoms with Gasteiger partial charge >= 0.3 is 0 Å². The summed E-state index contributed by atoms with van der Waals surface area (Å²) in [5.41, 5.74) is 1.01. The minimum atomic E-state index is -0.113. The topological polar surface area (TPSA) is 69.1 Å². The summed E-state index contributed by atoms with van der Waals surface area (Å²) in [4.78, 5) is 5.36. The van der Waals surface area contributed by atoms with Crippen LogP contribution < -0.4 is 0 Å². The third-order valence-electron chi connectivity index (χ3n) is 3.37. The summed E-state index contributed by atoms with van der Waals surface area (Å²) >= 11 is 3.19. The standard InChI is InChI=1S/C15H15N5OS2/c1-15(2,3)12-16-11(21-19-12)8-22-13-17-18-14-20(13)9-6-4-5-7-10(9)23-14/h4-7H,8H2,1-3H3. The number of para-hydroxylation sites is 1. The number of thioether (sulfide) groups is 1. The molecule has 23 heavy (non-hydrogen) atoms. The zero-order valence-corrected chi connectivity index (χ0v) is 14.6. The minimum Gasteiger partial charge on any atom is -0.338 e. The fourth-order valence-corrected chi connectivity index (χ4v) is 4.00. The van der Waals surface area contributed by atoms with E-state index < -0.39 is 0 Å². The summed E-state index contributed by atoms with van der Waals surface area (Å²) in [7, 11) is 0. The van der Waals surface area contributed by atoms with E-state index in [2.05, 4.69) is 57.6 Å². The van der Waals surface area contributed by atoms with Crippen LogP contribution in [-0.4, -0.2) is 24.7 Å². The number of thiazole rings is 1. The summed E-state index contributed by atoms with van der Waals surface area (Å²) in [5.74, 6) is 1.91. The van der Waals surface area contributed by atoms with Gasteiger partial charge in [-0.1, -0.05) is 61.2 Å². The minimum absolute atomic E-state index is 0.113. The molecule has 0 aliphatic heterocycles. The van der Waals surface area contributed by atoms with Crippen molar-refractivity contribution in [2.45, 2.75) is 37.1 Å². The first-order valence-corrected chi connectivity index (χ1v) is 9.01. The van der Waals surface area contributed by atoms with E-state index in [4.69, 9.17) is 4.52 Å². The Morgan fingerprint density at radius 1 is 1.22 bits per heavy atom. The highest BCUT2D eigenvalue weighted by Crippen LogP contribution is 2.30. The van der Waals surface area contributed by atoms with E-state index in [1.54, 1.807) is 23.1 Å². The van der Waals surface area contributed by atoms with Gasteiger partial charge in [0.2, 0.25) is 10.9 Å². The SMILES string of the molecule is CC(C)(C)c1noc(CSc2nnc3sc4ccccc4n23)n1. The van der Waals surface area contributed by atoms with Crippen molar-refractivity contribution in [2.75, 3.05) is 0 Å². The Morgan fingerprint density at radius 3 is 2.83 bits per heavy atom. The van der Waals surface area contributed by atoms with Gasteiger partial charge in [-0.3, -0.25) is 4.40 Å². The predicted octanol–water partition coefficient (Wildman–Crippen LogP) is 3.92. The molecule has 0 atom stereocenters. The van der Waals surface area contributed by atoms with Crippen molar-refractivity contribution in [1.29, 1.82) is 0 Å². The first kappa shape index (κ1) is 14.6. The Labute approximate surface area is 140 Å². The molecule has 0 bridgehead atoms. The Balaban J connectivity index is 1.62. The molecule has 3 aromatic heterocycles. The van der Waals surface area contributed by atoms with Gasteiger partial charge in [0.25, 0.3) is 0 Å². The van der Waals surface area contributed by atoms with Crippen molar-refractivity contribution in [2.24, 2.45) is 0 Å². The lowest BCUT2D eigenvalue weighted by atomic mass is 9.96. The monoisotopic (exact) mass is 345 g/mol. The highest BCUT2D eigenvalue weighted by molar-refractivity contribution is 7.98. The Morgan fingerprint density at radius 2 is 2.04 bits per heavy atom. The van der Waals surface area contributed by atoms with E-state index in [1.165, 1.54) is 4.70 Å². The molecule has 0 aliphatic rings. The fourth-order valence-electron chi connectivity index (χ4n) is 2.19. The lowest BCUT2D eigenvalue weighted by molar-refractivity contribution is 0.372. The van der Waals surface area contributed by atoms with Gasteiger partial charge in [0.15, 0.2) is 11.0 Å². The van der Waals surface area contributed by atoms with Crippen molar-refractivity contribution in [3.05, 3.63) is 36.0 Å². The van der Waals surface area contributed by atoms with E-state index in [0.29, 0.717) is 11.6 Å². The molecule has 1 aromatic carbocycles. The highest BCUT2D eigenvalue weighted by atomic mass is 32.2. The number of hydrogen-bond donors (Lipinski definition) is 0. The second-order valence-electron chi connectivity index (χ2n) is 6.22. The van der Waals surface area contributed by atoms with Crippen LogP contribution in [0.3, 0.4) is 0 Å². The van der Waals surface area contributed by atoms with Crippen molar-refractivity contribution in [3.8, 4) is 0 Å². The van der Waals surface area contributed by atoms with Gasteiger partial charge in [0, 0.05) is 5.41 Å². The van der Waals surface area contributed by atoms with Crippen LogP contribution >= 0.6 is 23.1 Å². The van der Waals surface area contributed by atoms with Gasteiger partial charge in [-0.2, -0.15) is 4.98 Å². The second kappa shape index (κ2) is 5.31. The molecule has 0 N–H and O–H groups in total. The number of hydrogen-bond acceptors (Lipinski definition) is 7. The smallest absolute Gasteiger partial charge is 0.237 e. The van der Waals surface area contributed by atoms with Gasteiger partial charge < -0.3 is 4.52 Å². The number of benzene rings is 1. The molecule has 4 rings (SSSR count). The quantitative estimate of drug-likeness (QED) is 0.524. The lowest BCUT2D eigenvalue weighted by Crippen LogP contribution is -2.13. The zero-order chi connectivity index (χ0) is 16.0. The van der Waals surface area contributed by atoms with E-state index in [-0.39, 0.29) is 5.41 Å². The first-order valence-electron chi connectivity index (χ1n) is 7.21. The molecule has 0 aliphatic carbocycles. The molecule has 6 nitrogen and oxygen atoms in total. The average Bonchev–Trinajstić information content (AvgIpc) is 3.19. The van der Waals surface area contributed by atoms with Gasteiger partial charge in [-0.15, -0.1) is 10.2 Å². The molecule has 0 unspecified atom stereocenters. The molecule has 118 valence electrons. The molecule has 0 saturated heterocycles. The van der Waals surface area contributed by atoms with Gasteiger partial charge in [-0.05, 0) is 12.1 Å². The molecule has 0 fully saturated rings. The van der Waals surface area contributed by atoms with Crippen molar-refractivity contribution < 1.29 is 4.52 Å². The van der Waals surface area contributed by atoms with E-state index >= 15 is 0 Å². The van der Waals surface area contributed by atoms with Crippen LogP contribution in [-0.2, 0) is 11.2 Å². The number of fused-ring (bicyclic) bond motifs is 3. The Kier molecular flexibility index (Phi) is 3.38. The number of aromatic nitrogens is 5. The maximum atomic E-state index is 5.33. The molecule has 4 aromatic rings. The molecular weight excluding hydrogens is 330 g/mol. The average molecular weight is 345 g/mol. The second-order valence-corrected chi connectivity index (χ2v) is 8.17. The van der Waals surface area contributed by atoms with Crippen molar-refractivity contribution in [3.63, 3.8) is 0 Å². The van der Waals surface area contributed by atoms with Crippen LogP contribution in [0.1, 0.15) is 32.5 Å². The van der Waals surface area contributed by atoms with Crippen molar-refractivity contribution in [1.82, 2.24) is 24.7 Å². The molecule has 0 radical (unpaired) electrons. The van der Waals surface area contributed by atoms with Crippen LogP contribution in [0.25, 0.3) is 15.2 Å². The molecular formula is C15H15N5OS2. The lowest BCUT2D eigenvalue weighted by Gasteiger charge is -2.10. The van der Waals surface area contributed by atoms with Crippen LogP contribution in [0.5, 0.6) is 0 Å². The molecule has 8 heteroatoms. The molecule has 3 heterocycles. The van der Waals surface area contributed by atoms with E-state index in [9.17, 15) is 0 Å². The van der Waals surface area contributed by atoms with Gasteiger partial charge in [0.05, 0.1) is 16.0 Å². The maximum absolute atomic E-state index is 5.33. The normalized spacial score (nSPS) is 12.5. The maximum Gasteiger partial charge on any atom is 0.237 e. The predicted molar refractivity (Wildman–Crippen MR) is 90.9 cm³/mol. The van der Waals surface area contributed by atoms with E-state index in [1.807, 2.05) is 12.1 Å². The van der Waals surface area contributed by atoms with Crippen LogP contribution in [0.2, 0.25) is 0 Å². The fraction of sp³-hybridized carbons (Fsp3) is 0.333. The summed E-state index contributed by atoms with van der Waals surface area (Å²) in [6.45, 7) is 6.19.